The highest BCUT2D eigenvalue weighted by atomic mass is 16.2. The number of carbonyl (C=O) groups excluding carboxylic acids is 1. The molecule has 0 aliphatic carbocycles. The highest BCUT2D eigenvalue weighted by Crippen LogP contribution is 2.29. The van der Waals surface area contributed by atoms with Crippen LogP contribution in [0.25, 0.3) is 0 Å². The van der Waals surface area contributed by atoms with E-state index in [4.69, 9.17) is 0 Å². The Kier molecular flexibility index (Phi) is 7.06. The average Bonchev–Trinajstić information content (AvgIpc) is 2.81. The Morgan fingerprint density at radius 3 is 1.90 bits per heavy atom. The van der Waals surface area contributed by atoms with Crippen LogP contribution in [0.3, 0.4) is 0 Å². The summed E-state index contributed by atoms with van der Waals surface area (Å²) in [6, 6.07) is 22.6. The van der Waals surface area contributed by atoms with E-state index in [2.05, 4.69) is 101 Å². The van der Waals surface area contributed by atoms with Crippen LogP contribution in [0.1, 0.15) is 31.0 Å². The fourth-order valence-corrected chi connectivity index (χ4v) is 4.98. The highest BCUT2D eigenvalue weighted by molar-refractivity contribution is 5.78. The topological polar surface area (TPSA) is 30.0 Å². The summed E-state index contributed by atoms with van der Waals surface area (Å²) >= 11 is 0. The molecule has 2 atom stereocenters. The van der Waals surface area contributed by atoms with Crippen molar-refractivity contribution in [2.75, 3.05) is 52.9 Å². The Balaban J connectivity index is 1.39. The highest BCUT2D eigenvalue weighted by Gasteiger charge is 2.32. The van der Waals surface area contributed by atoms with Crippen molar-refractivity contribution in [1.29, 1.82) is 0 Å². The second kappa shape index (κ2) is 9.94. The van der Waals surface area contributed by atoms with Crippen molar-refractivity contribution in [2.45, 2.75) is 32.0 Å². The summed E-state index contributed by atoms with van der Waals surface area (Å²) < 4.78 is 0. The summed E-state index contributed by atoms with van der Waals surface area (Å²) in [5, 5.41) is 0. The Hall–Kier alpha value is -2.21. The quantitative estimate of drug-likeness (QED) is 0.744. The molecule has 0 bridgehead atoms. The normalized spacial score (nSPS) is 23.9. The van der Waals surface area contributed by atoms with Gasteiger partial charge in [0.2, 0.25) is 5.91 Å². The molecule has 0 aromatic heterocycles. The molecule has 31 heavy (non-hydrogen) atoms. The van der Waals surface area contributed by atoms with Crippen molar-refractivity contribution in [3.63, 3.8) is 0 Å². The Labute approximate surface area is 187 Å². The Morgan fingerprint density at radius 2 is 1.35 bits per heavy atom. The van der Waals surface area contributed by atoms with Gasteiger partial charge in [-0.25, -0.2) is 0 Å². The van der Waals surface area contributed by atoms with E-state index in [1.54, 1.807) is 0 Å². The molecule has 0 saturated carbocycles. The molecule has 0 N–H and O–H groups in total. The van der Waals surface area contributed by atoms with E-state index in [0.717, 1.165) is 39.3 Å². The van der Waals surface area contributed by atoms with E-state index in [1.165, 1.54) is 11.1 Å². The first-order valence-corrected chi connectivity index (χ1v) is 11.6. The molecular weight excluding hydrogens is 384 g/mol. The van der Waals surface area contributed by atoms with Gasteiger partial charge in [-0.2, -0.15) is 0 Å². The van der Waals surface area contributed by atoms with Crippen molar-refractivity contribution < 1.29 is 4.79 Å². The van der Waals surface area contributed by atoms with Gasteiger partial charge < -0.3 is 9.80 Å². The van der Waals surface area contributed by atoms with Gasteiger partial charge in [-0.05, 0) is 32.0 Å². The average molecular weight is 421 g/mol. The lowest BCUT2D eigenvalue weighted by molar-refractivity contribution is -0.136. The molecule has 2 aliphatic rings. The van der Waals surface area contributed by atoms with Gasteiger partial charge in [0.15, 0.2) is 0 Å². The molecular formula is C26H36N4O. The zero-order chi connectivity index (χ0) is 21.8. The molecule has 0 spiro atoms. The predicted molar refractivity (Wildman–Crippen MR) is 126 cm³/mol. The van der Waals surface area contributed by atoms with E-state index >= 15 is 0 Å². The number of rotatable bonds is 5. The summed E-state index contributed by atoms with van der Waals surface area (Å²) in [6.07, 6.45) is 0. The van der Waals surface area contributed by atoms with Crippen molar-refractivity contribution >= 4 is 5.91 Å². The lowest BCUT2D eigenvalue weighted by Crippen LogP contribution is -2.59. The molecule has 0 radical (unpaired) electrons. The standard InChI is InChI=1S/C26H36N4O/c1-21-22(2)30(15-14-27(21)3)20-25(31)28-16-18-29(19-17-28)26(23-10-6-4-7-11-23)24-12-8-5-9-13-24/h4-13,21-22,26H,14-20H2,1-3H3. The zero-order valence-electron chi connectivity index (χ0n) is 19.2. The van der Waals surface area contributed by atoms with Gasteiger partial charge in [0.1, 0.15) is 0 Å². The Bertz CT molecular complexity index is 796. The van der Waals surface area contributed by atoms with Crippen LogP contribution in [0.15, 0.2) is 60.7 Å². The maximum absolute atomic E-state index is 13.1. The van der Waals surface area contributed by atoms with Crippen molar-refractivity contribution in [3.8, 4) is 0 Å². The number of nitrogens with zero attached hydrogens (tertiary/aromatic N) is 4. The van der Waals surface area contributed by atoms with E-state index < -0.39 is 0 Å². The van der Waals surface area contributed by atoms with Crippen LogP contribution < -0.4 is 0 Å². The van der Waals surface area contributed by atoms with Crippen molar-refractivity contribution in [1.82, 2.24) is 19.6 Å². The lowest BCUT2D eigenvalue weighted by Gasteiger charge is -2.44. The van der Waals surface area contributed by atoms with Crippen molar-refractivity contribution in [3.05, 3.63) is 71.8 Å². The number of likely N-dealkylation sites (N-methyl/N-ethyl adjacent to an activating group) is 1. The molecule has 2 heterocycles. The van der Waals surface area contributed by atoms with E-state index in [0.29, 0.717) is 18.6 Å². The summed E-state index contributed by atoms with van der Waals surface area (Å²) in [7, 11) is 2.18. The first kappa shape index (κ1) is 22.0. The molecule has 5 heteroatoms. The maximum atomic E-state index is 13.1. The fraction of sp³-hybridized carbons (Fsp3) is 0.500. The smallest absolute Gasteiger partial charge is 0.236 e. The number of benzene rings is 2. The molecule has 2 saturated heterocycles. The van der Waals surface area contributed by atoms with Crippen LogP contribution in [0.2, 0.25) is 0 Å². The molecule has 166 valence electrons. The molecule has 2 aromatic carbocycles. The Morgan fingerprint density at radius 1 is 0.806 bits per heavy atom. The number of hydrogen-bond donors (Lipinski definition) is 0. The summed E-state index contributed by atoms with van der Waals surface area (Å²) in [4.78, 5) is 22.4. The summed E-state index contributed by atoms with van der Waals surface area (Å²) in [5.41, 5.74) is 2.63. The monoisotopic (exact) mass is 420 g/mol. The molecule has 2 aromatic rings. The van der Waals surface area contributed by atoms with Crippen LogP contribution in [0.5, 0.6) is 0 Å². The van der Waals surface area contributed by atoms with Gasteiger partial charge in [-0.15, -0.1) is 0 Å². The van der Waals surface area contributed by atoms with Crippen LogP contribution >= 0.6 is 0 Å². The summed E-state index contributed by atoms with van der Waals surface area (Å²) in [6.45, 7) is 10.4. The van der Waals surface area contributed by atoms with E-state index in [1.807, 2.05) is 0 Å². The minimum Gasteiger partial charge on any atom is -0.339 e. The first-order valence-electron chi connectivity index (χ1n) is 11.6. The van der Waals surface area contributed by atoms with Gasteiger partial charge in [-0.1, -0.05) is 60.7 Å². The maximum Gasteiger partial charge on any atom is 0.236 e. The van der Waals surface area contributed by atoms with Crippen LogP contribution in [-0.2, 0) is 4.79 Å². The van der Waals surface area contributed by atoms with Crippen LogP contribution in [-0.4, -0.2) is 90.5 Å². The van der Waals surface area contributed by atoms with Gasteiger partial charge in [0.25, 0.3) is 0 Å². The van der Waals surface area contributed by atoms with Crippen LogP contribution in [0.4, 0.5) is 0 Å². The predicted octanol–water partition coefficient (Wildman–Crippen LogP) is 2.94. The third kappa shape index (κ3) is 5.00. The van der Waals surface area contributed by atoms with Gasteiger partial charge in [-0.3, -0.25) is 14.6 Å². The SMILES string of the molecule is CC1C(C)N(CC(=O)N2CCN(C(c3ccccc3)c3ccccc3)CC2)CCN1C. The molecule has 4 rings (SSSR count). The number of piperazine rings is 2. The fourth-order valence-electron chi connectivity index (χ4n) is 4.98. The van der Waals surface area contributed by atoms with Gasteiger partial charge in [0, 0.05) is 51.4 Å². The van der Waals surface area contributed by atoms with E-state index in [9.17, 15) is 4.79 Å². The second-order valence-corrected chi connectivity index (χ2v) is 9.07. The van der Waals surface area contributed by atoms with E-state index in [-0.39, 0.29) is 11.9 Å². The largest absolute Gasteiger partial charge is 0.339 e. The molecule has 2 aliphatic heterocycles. The van der Waals surface area contributed by atoms with Crippen molar-refractivity contribution in [2.24, 2.45) is 0 Å². The minimum atomic E-state index is 0.234. The second-order valence-electron chi connectivity index (χ2n) is 9.07. The van der Waals surface area contributed by atoms with Gasteiger partial charge in [0.05, 0.1) is 12.6 Å². The number of amides is 1. The lowest BCUT2D eigenvalue weighted by atomic mass is 9.96. The van der Waals surface area contributed by atoms with Gasteiger partial charge >= 0.3 is 0 Å². The first-order chi connectivity index (χ1) is 15.0. The third-order valence-electron chi connectivity index (χ3n) is 7.31. The summed E-state index contributed by atoms with van der Waals surface area (Å²) in [5.74, 6) is 0.277. The molecule has 2 unspecified atom stereocenters. The molecule has 2 fully saturated rings. The zero-order valence-corrected chi connectivity index (χ0v) is 19.2. The number of hydrogen-bond acceptors (Lipinski definition) is 4. The molecule has 5 nitrogen and oxygen atoms in total. The third-order valence-corrected chi connectivity index (χ3v) is 7.31. The van der Waals surface area contributed by atoms with Crippen LogP contribution in [0, 0.1) is 0 Å². The molecule has 1 amide bonds. The minimum absolute atomic E-state index is 0.234. The number of carbonyl (C=O) groups is 1.